The molecule has 0 unspecified atom stereocenters. The van der Waals surface area contributed by atoms with Crippen LogP contribution in [-0.4, -0.2) is 10.2 Å². The first-order chi connectivity index (χ1) is 8.79. The van der Waals surface area contributed by atoms with E-state index in [0.29, 0.717) is 11.5 Å². The van der Waals surface area contributed by atoms with E-state index < -0.39 is 7.82 Å². The Kier molecular flexibility index (Phi) is 13.4. The van der Waals surface area contributed by atoms with Crippen molar-refractivity contribution in [1.82, 2.24) is 0 Å². The quantitative estimate of drug-likeness (QED) is 0.573. The summed E-state index contributed by atoms with van der Waals surface area (Å²) in [4.78, 5) is 25.6. The second kappa shape index (κ2) is 12.3. The van der Waals surface area contributed by atoms with Crippen LogP contribution in [0.1, 0.15) is 0 Å². The Bertz CT molecular complexity index is 442. The van der Waals surface area contributed by atoms with Gasteiger partial charge in [0.2, 0.25) is 0 Å². The molecule has 1 radical (unpaired) electrons. The molecular weight excluding hydrogens is 411 g/mol. The van der Waals surface area contributed by atoms with Crippen molar-refractivity contribution >= 4 is 7.82 Å². The maximum atomic E-state index is 8.63. The molecule has 0 amide bonds. The molecule has 0 aliphatic heterocycles. The summed E-state index contributed by atoms with van der Waals surface area (Å²) in [5, 5.41) is 17.3. The predicted octanol–water partition coefficient (Wildman–Crippen LogP) is -0.0402. The van der Waals surface area contributed by atoms with Crippen molar-refractivity contribution < 1.29 is 71.2 Å². The van der Waals surface area contributed by atoms with E-state index in [1.807, 2.05) is 12.1 Å². The monoisotopic (exact) mass is 423 g/mol. The van der Waals surface area contributed by atoms with Crippen LogP contribution in [0.3, 0.4) is 0 Å². The number of benzene rings is 2. The van der Waals surface area contributed by atoms with E-state index in [0.717, 1.165) is 0 Å². The summed E-state index contributed by atoms with van der Waals surface area (Å²) in [5.41, 5.74) is 0. The summed E-state index contributed by atoms with van der Waals surface area (Å²) in [6.07, 6.45) is 0. The minimum atomic E-state index is -5.39. The van der Waals surface area contributed by atoms with Crippen LogP contribution in [-0.2, 0) is 4.57 Å². The van der Waals surface area contributed by atoms with Crippen LogP contribution in [0.15, 0.2) is 60.7 Å². The molecule has 2 aromatic rings. The van der Waals surface area contributed by atoms with Gasteiger partial charge in [-0.2, -0.15) is 7.82 Å². The molecule has 2 N–H and O–H groups in total. The van der Waals surface area contributed by atoms with Crippen LogP contribution < -0.4 is 14.7 Å². The second-order valence-corrected chi connectivity index (χ2v) is 4.01. The fraction of sp³-hybridized carbons (Fsp3) is 0. The molecule has 0 atom stereocenters. The molecule has 105 valence electrons. The molecule has 0 aliphatic rings. The molecule has 0 bridgehead atoms. The molecule has 20 heavy (non-hydrogen) atoms. The normalized spacial score (nSPS) is 8.95. The van der Waals surface area contributed by atoms with Gasteiger partial charge >= 0.3 is 41.7 Å². The average molecular weight is 423 g/mol. The molecular formula is C12H12CeO6P. The number of para-hydroxylation sites is 2. The van der Waals surface area contributed by atoms with Crippen LogP contribution in [0.2, 0.25) is 0 Å². The topological polar surface area (TPSA) is 127 Å². The van der Waals surface area contributed by atoms with Crippen molar-refractivity contribution in [3.8, 4) is 11.5 Å². The maximum Gasteiger partial charge on any atom is 3.00 e. The van der Waals surface area contributed by atoms with Crippen molar-refractivity contribution in [2.75, 3.05) is 0 Å². The number of rotatable bonds is 0. The van der Waals surface area contributed by atoms with E-state index in [1.54, 1.807) is 48.5 Å². The number of phenols is 2. The van der Waals surface area contributed by atoms with Crippen LogP contribution in [0.25, 0.3) is 0 Å². The smallest absolute Gasteiger partial charge is 0.822 e. The van der Waals surface area contributed by atoms with Crippen LogP contribution >= 0.6 is 7.82 Å². The van der Waals surface area contributed by atoms with Gasteiger partial charge in [-0.15, -0.1) is 0 Å². The van der Waals surface area contributed by atoms with E-state index >= 15 is 0 Å². The summed E-state index contributed by atoms with van der Waals surface area (Å²) < 4.78 is 8.55. The first-order valence-electron chi connectivity index (χ1n) is 5.00. The second-order valence-electron chi connectivity index (χ2n) is 3.12. The number of hydrogen-bond donors (Lipinski definition) is 2. The van der Waals surface area contributed by atoms with Gasteiger partial charge < -0.3 is 29.5 Å². The molecule has 2 aromatic carbocycles. The summed E-state index contributed by atoms with van der Waals surface area (Å²) in [5.74, 6) is 0.644. The molecule has 8 heteroatoms. The third-order valence-corrected chi connectivity index (χ3v) is 1.51. The van der Waals surface area contributed by atoms with Gasteiger partial charge in [-0.25, -0.2) is 0 Å². The van der Waals surface area contributed by atoms with E-state index in [2.05, 4.69) is 0 Å². The van der Waals surface area contributed by atoms with E-state index in [-0.39, 0.29) is 41.7 Å². The molecule has 0 spiro atoms. The first-order valence-corrected chi connectivity index (χ1v) is 6.46. The summed E-state index contributed by atoms with van der Waals surface area (Å²) in [6.45, 7) is 0. The third-order valence-electron chi connectivity index (χ3n) is 1.51. The van der Waals surface area contributed by atoms with Crippen molar-refractivity contribution in [3.63, 3.8) is 0 Å². The number of aromatic hydroxyl groups is 2. The maximum absolute atomic E-state index is 8.63. The Morgan fingerprint density at radius 3 is 1.00 bits per heavy atom. The molecule has 0 saturated heterocycles. The van der Waals surface area contributed by atoms with Gasteiger partial charge in [0.05, 0.1) is 0 Å². The Morgan fingerprint density at radius 2 is 0.900 bits per heavy atom. The fourth-order valence-corrected chi connectivity index (χ4v) is 0.856. The molecule has 0 fully saturated rings. The Hall–Kier alpha value is -0.473. The zero-order chi connectivity index (χ0) is 14.7. The number of hydrogen-bond acceptors (Lipinski definition) is 6. The summed E-state index contributed by atoms with van der Waals surface area (Å²) in [7, 11) is -5.39. The molecule has 2 rings (SSSR count). The van der Waals surface area contributed by atoms with Crippen molar-refractivity contribution in [2.24, 2.45) is 0 Å². The molecule has 6 nitrogen and oxygen atoms in total. The van der Waals surface area contributed by atoms with E-state index in [1.165, 1.54) is 0 Å². The Labute approximate surface area is 150 Å². The van der Waals surface area contributed by atoms with E-state index in [4.69, 9.17) is 29.5 Å². The van der Waals surface area contributed by atoms with Crippen LogP contribution in [0, 0.1) is 41.7 Å². The Morgan fingerprint density at radius 1 is 0.700 bits per heavy atom. The zero-order valence-corrected chi connectivity index (χ0v) is 14.3. The number of phosphoric acid groups is 1. The van der Waals surface area contributed by atoms with Crippen molar-refractivity contribution in [1.29, 1.82) is 0 Å². The first kappa shape index (κ1) is 21.8. The molecule has 0 heterocycles. The van der Waals surface area contributed by atoms with Gasteiger partial charge in [0.1, 0.15) is 11.5 Å². The molecule has 0 aliphatic carbocycles. The Balaban J connectivity index is 0. The van der Waals surface area contributed by atoms with Gasteiger partial charge in [0.15, 0.2) is 0 Å². The predicted molar refractivity (Wildman–Crippen MR) is 63.8 cm³/mol. The average Bonchev–Trinajstić information content (AvgIpc) is 2.29. The van der Waals surface area contributed by atoms with Gasteiger partial charge in [-0.3, -0.25) is 0 Å². The fourth-order valence-electron chi connectivity index (χ4n) is 0.856. The summed E-state index contributed by atoms with van der Waals surface area (Å²) >= 11 is 0. The standard InChI is InChI=1S/2C6H6O.Ce.H3O4P/c2*7-6-4-2-1-3-5-6;;1-5(2,3)4/h2*1-5,7H;;(H3,1,2,3,4)/q;;+3;/p-3. The molecule has 0 saturated carbocycles. The SMILES string of the molecule is O=P([O-])([O-])[O-].Oc1ccccc1.Oc1ccccc1.[Ce+3]. The van der Waals surface area contributed by atoms with Gasteiger partial charge in [-0.1, -0.05) is 36.4 Å². The van der Waals surface area contributed by atoms with E-state index in [9.17, 15) is 0 Å². The van der Waals surface area contributed by atoms with Gasteiger partial charge in [-0.05, 0) is 24.3 Å². The van der Waals surface area contributed by atoms with Crippen LogP contribution in [0.5, 0.6) is 11.5 Å². The van der Waals surface area contributed by atoms with Crippen LogP contribution in [0.4, 0.5) is 0 Å². The van der Waals surface area contributed by atoms with Crippen molar-refractivity contribution in [2.45, 2.75) is 0 Å². The van der Waals surface area contributed by atoms with Gasteiger partial charge in [0, 0.05) is 0 Å². The largest absolute Gasteiger partial charge is 3.00 e. The minimum absolute atomic E-state index is 0. The minimum Gasteiger partial charge on any atom is -0.822 e. The zero-order valence-electron chi connectivity index (χ0n) is 10.2. The number of phenolic OH excluding ortho intramolecular Hbond substituents is 2. The van der Waals surface area contributed by atoms with Gasteiger partial charge in [0.25, 0.3) is 0 Å². The third kappa shape index (κ3) is 19.9. The molecule has 0 aromatic heterocycles. The van der Waals surface area contributed by atoms with Crippen molar-refractivity contribution in [3.05, 3.63) is 60.7 Å². The summed E-state index contributed by atoms with van der Waals surface area (Å²) in [6, 6.07) is 17.4.